The molecule has 0 fully saturated rings. The van der Waals surface area contributed by atoms with Crippen LogP contribution in [0.4, 0.5) is 0 Å². The summed E-state index contributed by atoms with van der Waals surface area (Å²) in [5.74, 6) is 0. The summed E-state index contributed by atoms with van der Waals surface area (Å²) < 4.78 is 0. The molecule has 0 radical (unpaired) electrons. The summed E-state index contributed by atoms with van der Waals surface area (Å²) in [6.45, 7) is 0.697. The van der Waals surface area contributed by atoms with Crippen LogP contribution in [-0.4, -0.2) is 17.0 Å². The Hall–Kier alpha value is -1.19. The van der Waals surface area contributed by atoms with E-state index < -0.39 is 0 Å². The summed E-state index contributed by atoms with van der Waals surface area (Å²) >= 11 is 5.81. The van der Waals surface area contributed by atoms with Crippen LogP contribution in [0.15, 0.2) is 24.3 Å². The molecule has 0 unspecified atom stereocenters. The van der Waals surface area contributed by atoms with Gasteiger partial charge in [-0.25, -0.2) is 9.97 Å². The molecule has 3 nitrogen and oxygen atoms in total. The molecule has 0 aliphatic rings. The molecule has 0 saturated carbocycles. The molecule has 2 rings (SSSR count). The van der Waals surface area contributed by atoms with Crippen molar-refractivity contribution in [1.29, 1.82) is 0 Å². The first-order valence-electron chi connectivity index (χ1n) is 4.37. The molecular formula is C10H10ClN3. The third kappa shape index (κ3) is 1.69. The van der Waals surface area contributed by atoms with E-state index in [9.17, 15) is 0 Å². The van der Waals surface area contributed by atoms with Crippen LogP contribution < -0.4 is 5.32 Å². The summed E-state index contributed by atoms with van der Waals surface area (Å²) in [6, 6.07) is 7.84. The number of benzene rings is 1. The van der Waals surface area contributed by atoms with Crippen molar-refractivity contribution in [3.8, 4) is 0 Å². The molecule has 14 heavy (non-hydrogen) atoms. The van der Waals surface area contributed by atoms with Crippen molar-refractivity contribution < 1.29 is 0 Å². The van der Waals surface area contributed by atoms with Crippen LogP contribution in [0.2, 0.25) is 5.28 Å². The fourth-order valence-corrected chi connectivity index (χ4v) is 1.61. The Morgan fingerprint density at radius 3 is 2.86 bits per heavy atom. The molecule has 1 aromatic heterocycles. The highest BCUT2D eigenvalue weighted by Crippen LogP contribution is 2.17. The molecule has 2 aromatic rings. The Labute approximate surface area is 87.1 Å². The van der Waals surface area contributed by atoms with Gasteiger partial charge in [-0.1, -0.05) is 18.2 Å². The number of para-hydroxylation sites is 1. The summed E-state index contributed by atoms with van der Waals surface area (Å²) in [6.07, 6.45) is 0. The van der Waals surface area contributed by atoms with Gasteiger partial charge in [-0.15, -0.1) is 0 Å². The molecule has 72 valence electrons. The van der Waals surface area contributed by atoms with Gasteiger partial charge in [0.2, 0.25) is 5.28 Å². The Morgan fingerprint density at radius 1 is 1.29 bits per heavy atom. The molecule has 0 aliphatic carbocycles. The largest absolute Gasteiger partial charge is 0.314 e. The maximum absolute atomic E-state index is 5.81. The minimum absolute atomic E-state index is 0.300. The molecule has 1 heterocycles. The van der Waals surface area contributed by atoms with Gasteiger partial charge in [-0.05, 0) is 24.7 Å². The summed E-state index contributed by atoms with van der Waals surface area (Å²) in [4.78, 5) is 8.33. The summed E-state index contributed by atoms with van der Waals surface area (Å²) in [7, 11) is 1.88. The van der Waals surface area contributed by atoms with Crippen LogP contribution >= 0.6 is 11.6 Å². The van der Waals surface area contributed by atoms with E-state index >= 15 is 0 Å². The number of rotatable bonds is 2. The lowest BCUT2D eigenvalue weighted by atomic mass is 10.2. The number of halogens is 1. The van der Waals surface area contributed by atoms with Crippen LogP contribution in [0.5, 0.6) is 0 Å². The van der Waals surface area contributed by atoms with E-state index in [0.29, 0.717) is 11.8 Å². The van der Waals surface area contributed by atoms with Gasteiger partial charge >= 0.3 is 0 Å². The zero-order valence-corrected chi connectivity index (χ0v) is 8.54. The van der Waals surface area contributed by atoms with Gasteiger partial charge in [0.05, 0.1) is 11.2 Å². The topological polar surface area (TPSA) is 37.8 Å². The number of aromatic nitrogens is 2. The van der Waals surface area contributed by atoms with Gasteiger partial charge in [0.15, 0.2) is 0 Å². The molecule has 4 heteroatoms. The summed E-state index contributed by atoms with van der Waals surface area (Å²) in [5, 5.41) is 4.40. The quantitative estimate of drug-likeness (QED) is 0.766. The van der Waals surface area contributed by atoms with Gasteiger partial charge in [-0.2, -0.15) is 0 Å². The van der Waals surface area contributed by atoms with Crippen LogP contribution in [0.25, 0.3) is 10.9 Å². The molecular weight excluding hydrogens is 198 g/mol. The molecule has 0 saturated heterocycles. The lowest BCUT2D eigenvalue weighted by molar-refractivity contribution is 0.795. The maximum atomic E-state index is 5.81. The number of hydrogen-bond acceptors (Lipinski definition) is 3. The van der Waals surface area contributed by atoms with Gasteiger partial charge in [0.25, 0.3) is 0 Å². The number of nitrogens with one attached hydrogen (secondary N) is 1. The van der Waals surface area contributed by atoms with E-state index in [0.717, 1.165) is 16.6 Å². The highest BCUT2D eigenvalue weighted by atomic mass is 35.5. The lowest BCUT2D eigenvalue weighted by Crippen LogP contribution is -2.08. The van der Waals surface area contributed by atoms with Crippen molar-refractivity contribution in [2.45, 2.75) is 6.54 Å². The first kappa shape index (κ1) is 9.37. The smallest absolute Gasteiger partial charge is 0.223 e. The second-order valence-corrected chi connectivity index (χ2v) is 3.32. The Morgan fingerprint density at radius 2 is 2.07 bits per heavy atom. The van der Waals surface area contributed by atoms with Crippen LogP contribution in [0.3, 0.4) is 0 Å². The van der Waals surface area contributed by atoms with Crippen LogP contribution in [0, 0.1) is 0 Å². The van der Waals surface area contributed by atoms with E-state index in [-0.39, 0.29) is 0 Å². The maximum Gasteiger partial charge on any atom is 0.223 e. The van der Waals surface area contributed by atoms with Crippen LogP contribution in [-0.2, 0) is 6.54 Å². The normalized spacial score (nSPS) is 10.7. The van der Waals surface area contributed by atoms with Gasteiger partial charge in [0.1, 0.15) is 0 Å². The SMILES string of the molecule is CNCc1nc(Cl)nc2ccccc12. The van der Waals surface area contributed by atoms with E-state index in [1.54, 1.807) is 0 Å². The van der Waals surface area contributed by atoms with Crippen molar-refractivity contribution >= 4 is 22.5 Å². The Kier molecular flexibility index (Phi) is 2.61. The second-order valence-electron chi connectivity index (χ2n) is 2.99. The monoisotopic (exact) mass is 207 g/mol. The molecule has 0 aliphatic heterocycles. The van der Waals surface area contributed by atoms with E-state index in [4.69, 9.17) is 11.6 Å². The van der Waals surface area contributed by atoms with Crippen LogP contribution in [0.1, 0.15) is 5.69 Å². The lowest BCUT2D eigenvalue weighted by Gasteiger charge is -2.04. The fraction of sp³-hybridized carbons (Fsp3) is 0.200. The van der Waals surface area contributed by atoms with E-state index in [2.05, 4.69) is 15.3 Å². The highest BCUT2D eigenvalue weighted by Gasteiger charge is 2.04. The standard InChI is InChI=1S/C10H10ClN3/c1-12-6-9-7-4-2-3-5-8(7)13-10(11)14-9/h2-5,12H,6H2,1H3. The van der Waals surface area contributed by atoms with E-state index in [1.807, 2.05) is 31.3 Å². The third-order valence-electron chi connectivity index (χ3n) is 2.00. The fourth-order valence-electron chi connectivity index (χ4n) is 1.41. The van der Waals surface area contributed by atoms with Gasteiger partial charge in [0, 0.05) is 11.9 Å². The van der Waals surface area contributed by atoms with Crippen molar-refractivity contribution in [2.24, 2.45) is 0 Å². The van der Waals surface area contributed by atoms with Crippen molar-refractivity contribution in [3.05, 3.63) is 35.2 Å². The predicted octanol–water partition coefficient (Wildman–Crippen LogP) is 2.00. The molecule has 0 atom stereocenters. The first-order chi connectivity index (χ1) is 6.81. The number of nitrogens with zero attached hydrogens (tertiary/aromatic N) is 2. The Balaban J connectivity index is 2.67. The first-order valence-corrected chi connectivity index (χ1v) is 4.75. The average Bonchev–Trinajstić information content (AvgIpc) is 2.18. The Bertz CT molecular complexity index is 456. The second kappa shape index (κ2) is 3.90. The predicted molar refractivity (Wildman–Crippen MR) is 57.3 cm³/mol. The van der Waals surface area contributed by atoms with Crippen molar-refractivity contribution in [1.82, 2.24) is 15.3 Å². The molecule has 0 bridgehead atoms. The molecule has 1 aromatic carbocycles. The van der Waals surface area contributed by atoms with Gasteiger partial charge in [-0.3, -0.25) is 0 Å². The average molecular weight is 208 g/mol. The van der Waals surface area contributed by atoms with E-state index in [1.165, 1.54) is 0 Å². The highest BCUT2D eigenvalue weighted by molar-refractivity contribution is 6.28. The van der Waals surface area contributed by atoms with Crippen molar-refractivity contribution in [3.63, 3.8) is 0 Å². The molecule has 1 N–H and O–H groups in total. The number of fused-ring (bicyclic) bond motifs is 1. The molecule has 0 amide bonds. The van der Waals surface area contributed by atoms with Crippen molar-refractivity contribution in [2.75, 3.05) is 7.05 Å². The zero-order chi connectivity index (χ0) is 9.97. The third-order valence-corrected chi connectivity index (χ3v) is 2.17. The summed E-state index contributed by atoms with van der Waals surface area (Å²) in [5.41, 5.74) is 1.82. The minimum Gasteiger partial charge on any atom is -0.314 e. The zero-order valence-electron chi connectivity index (χ0n) is 7.79. The molecule has 0 spiro atoms. The minimum atomic E-state index is 0.300. The number of hydrogen-bond donors (Lipinski definition) is 1. The van der Waals surface area contributed by atoms with Gasteiger partial charge < -0.3 is 5.32 Å².